The highest BCUT2D eigenvalue weighted by Gasteiger charge is 2.05. The molecule has 124 valence electrons. The van der Waals surface area contributed by atoms with Crippen LogP contribution in [-0.4, -0.2) is 31.0 Å². The lowest BCUT2D eigenvalue weighted by atomic mass is 10.3. The number of guanidine groups is 1. The molecular weight excluding hydrogens is 398 g/mol. The van der Waals surface area contributed by atoms with E-state index in [-0.39, 0.29) is 48.3 Å². The van der Waals surface area contributed by atoms with E-state index in [0.717, 1.165) is 13.0 Å². The van der Waals surface area contributed by atoms with Gasteiger partial charge in [0.1, 0.15) is 12.4 Å². The first-order chi connectivity index (χ1) is 10.0. The third-order valence-corrected chi connectivity index (χ3v) is 2.85. The van der Waals surface area contributed by atoms with Crippen molar-refractivity contribution in [2.45, 2.75) is 33.2 Å². The van der Waals surface area contributed by atoms with Crippen molar-refractivity contribution in [3.8, 4) is 0 Å². The van der Waals surface area contributed by atoms with Crippen LogP contribution in [0.1, 0.15) is 27.2 Å². The molecule has 0 bridgehead atoms. The summed E-state index contributed by atoms with van der Waals surface area (Å²) in [6.45, 7) is 6.81. The number of hydrogen-bond donors (Lipinski definition) is 3. The first-order valence-electron chi connectivity index (χ1n) is 7.15. The van der Waals surface area contributed by atoms with Crippen LogP contribution >= 0.6 is 24.0 Å². The van der Waals surface area contributed by atoms with Crippen molar-refractivity contribution < 1.29 is 9.18 Å². The van der Waals surface area contributed by atoms with E-state index in [0.29, 0.717) is 11.6 Å². The van der Waals surface area contributed by atoms with Gasteiger partial charge >= 0.3 is 0 Å². The zero-order valence-corrected chi connectivity index (χ0v) is 15.5. The monoisotopic (exact) mass is 422 g/mol. The molecule has 0 radical (unpaired) electrons. The summed E-state index contributed by atoms with van der Waals surface area (Å²) in [5, 5.41) is 8.95. The fraction of sp³-hybridized carbons (Fsp3) is 0.467. The molecule has 1 aromatic carbocycles. The third-order valence-electron chi connectivity index (χ3n) is 2.85. The summed E-state index contributed by atoms with van der Waals surface area (Å²) in [4.78, 5) is 16.0. The molecule has 1 amide bonds. The molecule has 1 rings (SSSR count). The average Bonchev–Trinajstić information content (AvgIpc) is 2.47. The topological polar surface area (TPSA) is 65.5 Å². The summed E-state index contributed by atoms with van der Waals surface area (Å²) in [6.07, 6.45) is 0.964. The molecule has 1 unspecified atom stereocenters. The van der Waals surface area contributed by atoms with Crippen molar-refractivity contribution in [1.29, 1.82) is 0 Å². The molecule has 0 spiro atoms. The number of carbonyl (C=O) groups is 1. The number of nitrogens with one attached hydrogen (secondary N) is 3. The number of hydrogen-bond acceptors (Lipinski definition) is 2. The molecule has 3 N–H and O–H groups in total. The number of halogens is 2. The van der Waals surface area contributed by atoms with E-state index in [1.807, 2.05) is 13.8 Å². The van der Waals surface area contributed by atoms with E-state index in [9.17, 15) is 9.18 Å². The van der Waals surface area contributed by atoms with Crippen molar-refractivity contribution in [2.24, 2.45) is 4.99 Å². The molecule has 1 atom stereocenters. The van der Waals surface area contributed by atoms with Crippen molar-refractivity contribution in [3.63, 3.8) is 0 Å². The molecule has 22 heavy (non-hydrogen) atoms. The normalized spacial score (nSPS) is 12.1. The number of anilines is 1. The van der Waals surface area contributed by atoms with Crippen LogP contribution in [0.15, 0.2) is 29.3 Å². The van der Waals surface area contributed by atoms with Gasteiger partial charge in [0.2, 0.25) is 5.91 Å². The predicted octanol–water partition coefficient (Wildman–Crippen LogP) is 2.74. The van der Waals surface area contributed by atoms with E-state index in [1.54, 1.807) is 0 Å². The maximum Gasteiger partial charge on any atom is 0.246 e. The molecule has 0 saturated heterocycles. The fourth-order valence-corrected chi connectivity index (χ4v) is 1.54. The lowest BCUT2D eigenvalue weighted by molar-refractivity contribution is -0.114. The Morgan fingerprint density at radius 3 is 2.45 bits per heavy atom. The first-order valence-corrected chi connectivity index (χ1v) is 7.15. The van der Waals surface area contributed by atoms with E-state index in [4.69, 9.17) is 0 Å². The molecule has 0 aromatic heterocycles. The lowest BCUT2D eigenvalue weighted by Gasteiger charge is -2.16. The van der Waals surface area contributed by atoms with Gasteiger partial charge in [-0.1, -0.05) is 6.92 Å². The minimum atomic E-state index is -0.335. The minimum absolute atomic E-state index is 0. The highest BCUT2D eigenvalue weighted by atomic mass is 127. The summed E-state index contributed by atoms with van der Waals surface area (Å²) in [7, 11) is 0. The molecule has 0 aliphatic rings. The molecule has 0 fully saturated rings. The average molecular weight is 422 g/mol. The Morgan fingerprint density at radius 2 is 1.91 bits per heavy atom. The van der Waals surface area contributed by atoms with Gasteiger partial charge in [0.05, 0.1) is 0 Å². The van der Waals surface area contributed by atoms with Crippen molar-refractivity contribution in [1.82, 2.24) is 10.6 Å². The van der Waals surface area contributed by atoms with Crippen LogP contribution in [0.5, 0.6) is 0 Å². The molecule has 1 aromatic rings. The van der Waals surface area contributed by atoms with Crippen LogP contribution < -0.4 is 16.0 Å². The smallest absolute Gasteiger partial charge is 0.246 e. The second-order valence-electron chi connectivity index (χ2n) is 4.70. The number of aliphatic imine (C=N–C) groups is 1. The van der Waals surface area contributed by atoms with Crippen LogP contribution in [0.4, 0.5) is 10.1 Å². The summed E-state index contributed by atoms with van der Waals surface area (Å²) < 4.78 is 12.8. The van der Waals surface area contributed by atoms with Gasteiger partial charge in [0.15, 0.2) is 5.96 Å². The van der Waals surface area contributed by atoms with Crippen LogP contribution in [0.3, 0.4) is 0 Å². The van der Waals surface area contributed by atoms with Gasteiger partial charge in [0.25, 0.3) is 0 Å². The Labute approximate surface area is 148 Å². The quantitative estimate of drug-likeness (QED) is 0.375. The number of carbonyl (C=O) groups excluding carboxylic acids is 1. The van der Waals surface area contributed by atoms with Crippen molar-refractivity contribution in [2.75, 3.05) is 18.4 Å². The fourth-order valence-electron chi connectivity index (χ4n) is 1.54. The largest absolute Gasteiger partial charge is 0.357 e. The van der Waals surface area contributed by atoms with Crippen LogP contribution in [0.25, 0.3) is 0 Å². The van der Waals surface area contributed by atoms with Crippen LogP contribution in [-0.2, 0) is 4.79 Å². The molecule has 7 heteroatoms. The Hall–Kier alpha value is -1.38. The van der Waals surface area contributed by atoms with Gasteiger partial charge in [-0.25, -0.2) is 9.38 Å². The van der Waals surface area contributed by atoms with Gasteiger partial charge in [0, 0.05) is 18.3 Å². The van der Waals surface area contributed by atoms with Crippen LogP contribution in [0.2, 0.25) is 0 Å². The highest BCUT2D eigenvalue weighted by Crippen LogP contribution is 2.07. The SMILES string of the molecule is CCNC(=NCC(=O)Nc1ccc(F)cc1)NC(C)CC.I. The number of rotatable bonds is 6. The van der Waals surface area contributed by atoms with Crippen molar-refractivity contribution >= 4 is 41.5 Å². The standard InChI is InChI=1S/C15H23FN4O.HI/c1-4-11(3)19-15(17-5-2)18-10-14(21)20-13-8-6-12(16)7-9-13;/h6-9,11H,4-5,10H2,1-3H3,(H,20,21)(H2,17,18,19);1H. The molecular formula is C15H24FIN4O. The highest BCUT2D eigenvalue weighted by molar-refractivity contribution is 14.0. The first kappa shape index (κ1) is 20.6. The van der Waals surface area contributed by atoms with Crippen molar-refractivity contribution in [3.05, 3.63) is 30.1 Å². The van der Waals surface area contributed by atoms with Gasteiger partial charge < -0.3 is 16.0 Å². The number of amides is 1. The van der Waals surface area contributed by atoms with E-state index in [2.05, 4.69) is 27.9 Å². The Bertz CT molecular complexity index is 479. The number of benzene rings is 1. The summed E-state index contributed by atoms with van der Waals surface area (Å²) in [6, 6.07) is 5.91. The van der Waals surface area contributed by atoms with Crippen LogP contribution in [0, 0.1) is 5.82 Å². The summed E-state index contributed by atoms with van der Waals surface area (Å²) in [5.74, 6) is 0.0299. The lowest BCUT2D eigenvalue weighted by Crippen LogP contribution is -2.42. The second kappa shape index (κ2) is 11.2. The maximum absolute atomic E-state index is 12.8. The van der Waals surface area contributed by atoms with Gasteiger partial charge in [-0.3, -0.25) is 4.79 Å². The van der Waals surface area contributed by atoms with E-state index in [1.165, 1.54) is 24.3 Å². The molecule has 5 nitrogen and oxygen atoms in total. The Kier molecular flexibility index (Phi) is 10.5. The minimum Gasteiger partial charge on any atom is -0.357 e. The third kappa shape index (κ3) is 8.16. The molecule has 0 aliphatic carbocycles. The zero-order chi connectivity index (χ0) is 15.7. The molecule has 0 aliphatic heterocycles. The summed E-state index contributed by atoms with van der Waals surface area (Å²) >= 11 is 0. The van der Waals surface area contributed by atoms with E-state index >= 15 is 0 Å². The molecule has 0 heterocycles. The Balaban J connectivity index is 0.00000441. The van der Waals surface area contributed by atoms with E-state index < -0.39 is 0 Å². The summed E-state index contributed by atoms with van der Waals surface area (Å²) in [5.41, 5.74) is 0.552. The second-order valence-corrected chi connectivity index (χ2v) is 4.70. The van der Waals surface area contributed by atoms with Gasteiger partial charge in [-0.2, -0.15) is 0 Å². The molecule has 0 saturated carbocycles. The number of nitrogens with zero attached hydrogens (tertiary/aromatic N) is 1. The zero-order valence-electron chi connectivity index (χ0n) is 13.1. The Morgan fingerprint density at radius 1 is 1.27 bits per heavy atom. The predicted molar refractivity (Wildman–Crippen MR) is 99.3 cm³/mol. The van der Waals surface area contributed by atoms with Gasteiger partial charge in [-0.05, 0) is 44.5 Å². The maximum atomic E-state index is 12.8. The van der Waals surface area contributed by atoms with Gasteiger partial charge in [-0.15, -0.1) is 24.0 Å².